The van der Waals surface area contributed by atoms with E-state index in [-0.39, 0.29) is 31.1 Å². The number of rotatable bonds is 4. The molecule has 31 heavy (non-hydrogen) atoms. The van der Waals surface area contributed by atoms with Crippen molar-refractivity contribution in [3.05, 3.63) is 36.0 Å². The standard InChI is InChI=1S/C22H17N5O4/c1-2-8-31-12-18(28)25-11-14-9-17(25)20-21(29)27(22(30)26(14)20)16-6-5-13(10-23)19-15(16)4-3-7-24-19/h1,3-7,14,17,20H,8-9,11-12H2/t14-,17?,20?/m1/s1. The van der Waals surface area contributed by atoms with Crippen LogP contribution in [0.3, 0.4) is 0 Å². The predicted octanol–water partition coefficient (Wildman–Crippen LogP) is 0.877. The highest BCUT2D eigenvalue weighted by molar-refractivity contribution is 6.25. The highest BCUT2D eigenvalue weighted by Gasteiger charge is 2.62. The van der Waals surface area contributed by atoms with Crippen LogP contribution in [0.25, 0.3) is 10.9 Å². The number of carbonyl (C=O) groups is 3. The Balaban J connectivity index is 1.47. The van der Waals surface area contributed by atoms with Gasteiger partial charge in [0.15, 0.2) is 0 Å². The summed E-state index contributed by atoms with van der Waals surface area (Å²) in [6.45, 7) is 0.244. The Kier molecular flexibility index (Phi) is 4.35. The summed E-state index contributed by atoms with van der Waals surface area (Å²) in [7, 11) is 0. The minimum Gasteiger partial charge on any atom is -0.359 e. The van der Waals surface area contributed by atoms with Crippen LogP contribution in [0.2, 0.25) is 0 Å². The van der Waals surface area contributed by atoms with E-state index in [1.54, 1.807) is 40.3 Å². The molecule has 5 rings (SSSR count). The summed E-state index contributed by atoms with van der Waals surface area (Å²) < 4.78 is 5.15. The number of hydrogen-bond donors (Lipinski definition) is 0. The Morgan fingerprint density at radius 2 is 2.16 bits per heavy atom. The van der Waals surface area contributed by atoms with Crippen LogP contribution in [0.4, 0.5) is 10.5 Å². The monoisotopic (exact) mass is 415 g/mol. The molecule has 0 aliphatic carbocycles. The lowest BCUT2D eigenvalue weighted by Crippen LogP contribution is -2.55. The first-order valence-electron chi connectivity index (χ1n) is 9.81. The molecule has 9 heteroatoms. The molecule has 3 aliphatic heterocycles. The van der Waals surface area contributed by atoms with Crippen molar-refractivity contribution in [3.63, 3.8) is 0 Å². The van der Waals surface area contributed by atoms with Gasteiger partial charge in [0.05, 0.1) is 28.9 Å². The Morgan fingerprint density at radius 1 is 1.32 bits per heavy atom. The van der Waals surface area contributed by atoms with E-state index in [1.165, 1.54) is 0 Å². The highest BCUT2D eigenvalue weighted by atomic mass is 16.5. The van der Waals surface area contributed by atoms with Crippen molar-refractivity contribution in [1.29, 1.82) is 5.26 Å². The van der Waals surface area contributed by atoms with Crippen LogP contribution in [-0.2, 0) is 14.3 Å². The fraction of sp³-hybridized carbons (Fsp3) is 0.318. The normalized spacial score (nSPS) is 23.9. The SMILES string of the molecule is C#CCOCC(=O)N1C[C@H]2CC1C1C(=O)N(c3ccc(C#N)c4ncccc34)C(=O)N12. The number of anilines is 1. The number of aromatic nitrogens is 1. The molecule has 1 aromatic carbocycles. The van der Waals surface area contributed by atoms with E-state index in [9.17, 15) is 19.6 Å². The molecule has 3 aliphatic rings. The molecule has 0 spiro atoms. The second-order valence-electron chi connectivity index (χ2n) is 7.65. The van der Waals surface area contributed by atoms with Crippen LogP contribution in [0.5, 0.6) is 0 Å². The quantitative estimate of drug-likeness (QED) is 0.417. The molecule has 0 radical (unpaired) electrons. The van der Waals surface area contributed by atoms with Gasteiger partial charge in [-0.05, 0) is 30.7 Å². The van der Waals surface area contributed by atoms with Crippen molar-refractivity contribution in [1.82, 2.24) is 14.8 Å². The van der Waals surface area contributed by atoms with Crippen LogP contribution in [0.1, 0.15) is 12.0 Å². The molecule has 4 heterocycles. The van der Waals surface area contributed by atoms with E-state index in [0.717, 1.165) is 4.90 Å². The number of likely N-dealkylation sites (tertiary alicyclic amines) is 1. The molecule has 2 unspecified atom stereocenters. The Bertz CT molecular complexity index is 1210. The van der Waals surface area contributed by atoms with Gasteiger partial charge < -0.3 is 14.5 Å². The van der Waals surface area contributed by atoms with Crippen molar-refractivity contribution < 1.29 is 19.1 Å². The minimum absolute atomic E-state index is 0.0359. The van der Waals surface area contributed by atoms with Crippen molar-refractivity contribution >= 4 is 34.4 Å². The van der Waals surface area contributed by atoms with Crippen LogP contribution >= 0.6 is 0 Å². The van der Waals surface area contributed by atoms with Crippen molar-refractivity contribution in [2.45, 2.75) is 24.5 Å². The van der Waals surface area contributed by atoms with Crippen molar-refractivity contribution in [2.24, 2.45) is 0 Å². The molecule has 3 saturated heterocycles. The maximum Gasteiger partial charge on any atom is 0.332 e. The molecule has 0 saturated carbocycles. The molecule has 154 valence electrons. The minimum atomic E-state index is -0.731. The number of amides is 4. The van der Waals surface area contributed by atoms with E-state index in [4.69, 9.17) is 11.2 Å². The predicted molar refractivity (Wildman–Crippen MR) is 109 cm³/mol. The van der Waals surface area contributed by atoms with Crippen LogP contribution in [0, 0.1) is 23.7 Å². The Labute approximate surface area is 177 Å². The smallest absolute Gasteiger partial charge is 0.332 e. The van der Waals surface area contributed by atoms with Gasteiger partial charge in [-0.3, -0.25) is 14.6 Å². The van der Waals surface area contributed by atoms with E-state index in [0.29, 0.717) is 35.1 Å². The van der Waals surface area contributed by atoms with E-state index in [1.807, 2.05) is 0 Å². The number of imide groups is 1. The van der Waals surface area contributed by atoms with Gasteiger partial charge in [0.2, 0.25) is 5.91 Å². The molecule has 1 aromatic heterocycles. The van der Waals surface area contributed by atoms with Gasteiger partial charge in [0.25, 0.3) is 5.91 Å². The largest absolute Gasteiger partial charge is 0.359 e. The van der Waals surface area contributed by atoms with Gasteiger partial charge in [-0.1, -0.05) is 5.92 Å². The molecular formula is C22H17N5O4. The summed E-state index contributed by atoms with van der Waals surface area (Å²) in [5, 5.41) is 9.91. The summed E-state index contributed by atoms with van der Waals surface area (Å²) in [4.78, 5) is 47.8. The number of nitriles is 1. The number of carbonyl (C=O) groups excluding carboxylic acids is 3. The van der Waals surface area contributed by atoms with Gasteiger partial charge in [-0.15, -0.1) is 6.42 Å². The topological polar surface area (TPSA) is 107 Å². The first-order chi connectivity index (χ1) is 15.1. The van der Waals surface area contributed by atoms with Gasteiger partial charge >= 0.3 is 6.03 Å². The van der Waals surface area contributed by atoms with Crippen LogP contribution in [0.15, 0.2) is 30.5 Å². The number of urea groups is 1. The van der Waals surface area contributed by atoms with Gasteiger partial charge in [-0.2, -0.15) is 5.26 Å². The Hall–Kier alpha value is -3.95. The van der Waals surface area contributed by atoms with E-state index in [2.05, 4.69) is 17.0 Å². The third kappa shape index (κ3) is 2.68. The second-order valence-corrected chi connectivity index (χ2v) is 7.65. The summed E-state index contributed by atoms with van der Waals surface area (Å²) in [5.74, 6) is 1.69. The number of piperazine rings is 1. The summed E-state index contributed by atoms with van der Waals surface area (Å²) in [6, 6.07) is 6.90. The third-order valence-electron chi connectivity index (χ3n) is 6.10. The number of ether oxygens (including phenoxy) is 1. The number of benzene rings is 1. The fourth-order valence-corrected chi connectivity index (χ4v) is 4.89. The lowest BCUT2D eigenvalue weighted by molar-refractivity contribution is -0.139. The average Bonchev–Trinajstić information content (AvgIpc) is 3.45. The summed E-state index contributed by atoms with van der Waals surface area (Å²) >= 11 is 0. The third-order valence-corrected chi connectivity index (χ3v) is 6.10. The lowest BCUT2D eigenvalue weighted by Gasteiger charge is -2.34. The van der Waals surface area contributed by atoms with Gasteiger partial charge in [0.1, 0.15) is 25.3 Å². The maximum absolute atomic E-state index is 13.4. The zero-order chi connectivity index (χ0) is 21.7. The molecular weight excluding hydrogens is 398 g/mol. The van der Waals surface area contributed by atoms with Crippen LogP contribution in [-0.4, -0.2) is 70.5 Å². The lowest BCUT2D eigenvalue weighted by atomic mass is 10.1. The van der Waals surface area contributed by atoms with Crippen molar-refractivity contribution in [2.75, 3.05) is 24.7 Å². The fourth-order valence-electron chi connectivity index (χ4n) is 4.89. The first kappa shape index (κ1) is 19.0. The number of pyridine rings is 1. The molecule has 0 N–H and O–H groups in total. The maximum atomic E-state index is 13.4. The molecule has 2 aromatic rings. The number of terminal acetylenes is 1. The number of hydrogen-bond acceptors (Lipinski definition) is 6. The molecule has 2 bridgehead atoms. The zero-order valence-corrected chi connectivity index (χ0v) is 16.4. The van der Waals surface area contributed by atoms with Gasteiger partial charge in [0, 0.05) is 18.1 Å². The summed E-state index contributed by atoms with van der Waals surface area (Å²) in [6.07, 6.45) is 7.27. The Morgan fingerprint density at radius 3 is 2.94 bits per heavy atom. The zero-order valence-electron chi connectivity index (χ0n) is 16.4. The number of nitrogens with zero attached hydrogens (tertiary/aromatic N) is 5. The van der Waals surface area contributed by atoms with Crippen LogP contribution < -0.4 is 4.90 Å². The molecule has 4 amide bonds. The molecule has 9 nitrogen and oxygen atoms in total. The van der Waals surface area contributed by atoms with E-state index < -0.39 is 18.1 Å². The van der Waals surface area contributed by atoms with E-state index >= 15 is 0 Å². The molecule has 3 atom stereocenters. The highest BCUT2D eigenvalue weighted by Crippen LogP contribution is 2.43. The second kappa shape index (κ2) is 7.08. The number of fused-ring (bicyclic) bond motifs is 6. The molecule has 3 fully saturated rings. The first-order valence-corrected chi connectivity index (χ1v) is 9.81. The van der Waals surface area contributed by atoms with Gasteiger partial charge in [-0.25, -0.2) is 9.69 Å². The van der Waals surface area contributed by atoms with Crippen molar-refractivity contribution in [3.8, 4) is 18.4 Å². The summed E-state index contributed by atoms with van der Waals surface area (Å²) in [5.41, 5.74) is 1.18. The average molecular weight is 415 g/mol.